The normalized spacial score (nSPS) is 19.6. The molecule has 0 bridgehead atoms. The summed E-state index contributed by atoms with van der Waals surface area (Å²) in [4.78, 5) is 5.09. The van der Waals surface area contributed by atoms with Crippen LogP contribution in [0.1, 0.15) is 125 Å². The third-order valence-corrected chi connectivity index (χ3v) is 14.4. The Bertz CT molecular complexity index is 2290. The van der Waals surface area contributed by atoms with Gasteiger partial charge in [-0.05, 0) is 168 Å². The molecule has 0 aromatic heterocycles. The van der Waals surface area contributed by atoms with Crippen LogP contribution in [0.3, 0.4) is 0 Å². The summed E-state index contributed by atoms with van der Waals surface area (Å²) in [5.74, 6) is 0. The van der Waals surface area contributed by atoms with Gasteiger partial charge in [0.2, 0.25) is 0 Å². The quantitative estimate of drug-likeness (QED) is 0.167. The number of aryl methyl sites for hydroxylation is 4. The molecule has 296 valence electrons. The molecule has 3 aliphatic rings. The molecule has 2 heteroatoms. The molecule has 0 spiro atoms. The lowest BCUT2D eigenvalue weighted by Gasteiger charge is -2.48. The maximum absolute atomic E-state index is 2.63. The second kappa shape index (κ2) is 13.8. The molecule has 0 aliphatic heterocycles. The van der Waals surface area contributed by atoms with E-state index in [-0.39, 0.29) is 21.7 Å². The monoisotopic (exact) mass is 762 g/mol. The first-order valence-electron chi connectivity index (χ1n) is 21.9. The molecule has 2 nitrogen and oxygen atoms in total. The number of anilines is 6. The predicted molar refractivity (Wildman–Crippen MR) is 249 cm³/mol. The van der Waals surface area contributed by atoms with E-state index in [2.05, 4.69) is 200 Å². The Morgan fingerprint density at radius 3 is 1.03 bits per heavy atom. The zero-order chi connectivity index (χ0) is 40.8. The topological polar surface area (TPSA) is 6.48 Å². The van der Waals surface area contributed by atoms with Crippen LogP contribution in [-0.2, 0) is 21.7 Å². The second-order valence-electron chi connectivity index (χ2n) is 20.1. The lowest BCUT2D eigenvalue weighted by atomic mass is 9.55. The highest BCUT2D eigenvalue weighted by Gasteiger charge is 2.62. The minimum Gasteiger partial charge on any atom is -0.310 e. The van der Waals surface area contributed by atoms with E-state index >= 15 is 0 Å². The van der Waals surface area contributed by atoms with E-state index in [9.17, 15) is 0 Å². The summed E-state index contributed by atoms with van der Waals surface area (Å²) in [6, 6.07) is 46.8. The van der Waals surface area contributed by atoms with Gasteiger partial charge in [0.25, 0.3) is 0 Å². The average Bonchev–Trinajstić information content (AvgIpc) is 3.76. The average molecular weight is 763 g/mol. The number of para-hydroxylation sites is 2. The summed E-state index contributed by atoms with van der Waals surface area (Å²) in [5, 5.41) is 0. The molecule has 0 atom stereocenters. The van der Waals surface area contributed by atoms with Gasteiger partial charge in [0.15, 0.2) is 0 Å². The highest BCUT2D eigenvalue weighted by Crippen LogP contribution is 2.70. The van der Waals surface area contributed by atoms with Crippen molar-refractivity contribution in [2.24, 2.45) is 0 Å². The fraction of sp³-hybridized carbons (Fsp3) is 0.357. The van der Waals surface area contributed by atoms with Crippen molar-refractivity contribution in [1.82, 2.24) is 0 Å². The van der Waals surface area contributed by atoms with E-state index in [1.54, 1.807) is 11.1 Å². The van der Waals surface area contributed by atoms with Crippen molar-refractivity contribution in [1.29, 1.82) is 0 Å². The van der Waals surface area contributed by atoms with E-state index in [0.717, 1.165) is 0 Å². The maximum Gasteiger partial charge on any atom is 0.0520 e. The second-order valence-corrected chi connectivity index (χ2v) is 20.1. The van der Waals surface area contributed by atoms with Gasteiger partial charge in [-0.2, -0.15) is 0 Å². The highest BCUT2D eigenvalue weighted by molar-refractivity contribution is 5.88. The number of hydrogen-bond acceptors (Lipinski definition) is 2. The zero-order valence-corrected chi connectivity index (χ0v) is 36.7. The molecule has 6 aromatic carbocycles. The van der Waals surface area contributed by atoms with Crippen molar-refractivity contribution in [2.75, 3.05) is 9.80 Å². The van der Waals surface area contributed by atoms with Crippen LogP contribution in [-0.4, -0.2) is 0 Å². The van der Waals surface area contributed by atoms with Gasteiger partial charge in [-0.15, -0.1) is 0 Å². The van der Waals surface area contributed by atoms with Gasteiger partial charge in [-0.25, -0.2) is 0 Å². The first-order valence-corrected chi connectivity index (χ1v) is 21.9. The molecule has 0 saturated heterocycles. The number of nitrogens with zero attached hydrogens (tertiary/aromatic N) is 2. The van der Waals surface area contributed by atoms with E-state index in [1.165, 1.54) is 117 Å². The SMILES string of the molecule is Cc1cc(C(C)(C)C)cc(C)c1N(c1ccccc1)c1ccc2c(c1)[C@]13CCC[C@]1(CCC3)c1cc(N(c3ccccc3)c3c(C)cc(C(C)(C)C)cc3C)ccc1-2. The third kappa shape index (κ3) is 5.96. The molecule has 0 heterocycles. The van der Waals surface area contributed by atoms with Crippen LogP contribution in [0.15, 0.2) is 121 Å². The molecule has 6 aromatic rings. The standard InChI is InChI=1S/C56H62N2/c1-37-31-41(53(5,6)7)32-38(2)51(37)57(43-19-13-11-14-20-43)45-23-25-47-48-26-24-46(36-50(48)56-29-17-27-55(56,28-18-30-56)49(47)35-45)58(44-21-15-12-16-22-44)52-39(3)33-42(34-40(52)4)54(8,9)10/h11-16,19-26,31-36H,17-18,27-30H2,1-10H3/t55-,56+. The van der Waals surface area contributed by atoms with Crippen molar-refractivity contribution in [3.05, 3.63) is 166 Å². The van der Waals surface area contributed by atoms with Gasteiger partial charge in [0.1, 0.15) is 0 Å². The van der Waals surface area contributed by atoms with Crippen LogP contribution in [0.2, 0.25) is 0 Å². The van der Waals surface area contributed by atoms with Gasteiger partial charge in [-0.3, -0.25) is 0 Å². The van der Waals surface area contributed by atoms with Crippen LogP contribution >= 0.6 is 0 Å². The van der Waals surface area contributed by atoms with Crippen molar-refractivity contribution in [3.8, 4) is 11.1 Å². The largest absolute Gasteiger partial charge is 0.310 e. The Kier molecular flexibility index (Phi) is 9.12. The third-order valence-electron chi connectivity index (χ3n) is 14.4. The maximum atomic E-state index is 2.63. The number of fused-ring (bicyclic) bond motifs is 3. The summed E-state index contributed by atoms with van der Waals surface area (Å²) in [5.41, 5.74) is 22.0. The molecule has 9 rings (SSSR count). The fourth-order valence-corrected chi connectivity index (χ4v) is 11.7. The number of hydrogen-bond donors (Lipinski definition) is 0. The van der Waals surface area contributed by atoms with Crippen LogP contribution in [0, 0.1) is 27.7 Å². The van der Waals surface area contributed by atoms with E-state index in [1.807, 2.05) is 0 Å². The van der Waals surface area contributed by atoms with Gasteiger partial charge in [-0.1, -0.05) is 127 Å². The lowest BCUT2D eigenvalue weighted by Crippen LogP contribution is -2.43. The van der Waals surface area contributed by atoms with Crippen molar-refractivity contribution in [3.63, 3.8) is 0 Å². The first kappa shape index (κ1) is 38.4. The molecule has 2 saturated carbocycles. The Morgan fingerprint density at radius 2 is 0.724 bits per heavy atom. The summed E-state index contributed by atoms with van der Waals surface area (Å²) in [6.07, 6.45) is 7.57. The van der Waals surface area contributed by atoms with Crippen molar-refractivity contribution in [2.45, 2.75) is 129 Å². The molecule has 0 radical (unpaired) electrons. The minimum absolute atomic E-state index is 0.0881. The van der Waals surface area contributed by atoms with Crippen LogP contribution in [0.25, 0.3) is 11.1 Å². The first-order chi connectivity index (χ1) is 27.6. The number of benzene rings is 6. The Morgan fingerprint density at radius 1 is 0.397 bits per heavy atom. The van der Waals surface area contributed by atoms with Gasteiger partial charge < -0.3 is 9.80 Å². The number of rotatable bonds is 6. The van der Waals surface area contributed by atoms with E-state index < -0.39 is 0 Å². The van der Waals surface area contributed by atoms with Crippen LogP contribution < -0.4 is 9.80 Å². The van der Waals surface area contributed by atoms with Crippen molar-refractivity contribution >= 4 is 34.1 Å². The Hall–Kier alpha value is -5.08. The molecular weight excluding hydrogens is 701 g/mol. The van der Waals surface area contributed by atoms with Crippen LogP contribution in [0.5, 0.6) is 0 Å². The zero-order valence-electron chi connectivity index (χ0n) is 36.7. The molecule has 58 heavy (non-hydrogen) atoms. The molecule has 0 N–H and O–H groups in total. The van der Waals surface area contributed by atoms with Gasteiger partial charge in [0.05, 0.1) is 11.4 Å². The molecular formula is C56H62N2. The minimum atomic E-state index is 0.0881. The van der Waals surface area contributed by atoms with E-state index in [0.29, 0.717) is 0 Å². The lowest BCUT2D eigenvalue weighted by molar-refractivity contribution is 0.299. The Labute approximate surface area is 349 Å². The smallest absolute Gasteiger partial charge is 0.0520 e. The van der Waals surface area contributed by atoms with Crippen LogP contribution in [0.4, 0.5) is 34.1 Å². The summed E-state index contributed by atoms with van der Waals surface area (Å²) in [6.45, 7) is 23.1. The molecule has 2 fully saturated rings. The van der Waals surface area contributed by atoms with Gasteiger partial charge in [0, 0.05) is 33.6 Å². The predicted octanol–water partition coefficient (Wildman–Crippen LogP) is 16.0. The van der Waals surface area contributed by atoms with Gasteiger partial charge >= 0.3 is 0 Å². The summed E-state index contributed by atoms with van der Waals surface area (Å²) in [7, 11) is 0. The molecule has 0 amide bonds. The fourth-order valence-electron chi connectivity index (χ4n) is 11.7. The van der Waals surface area contributed by atoms with E-state index in [4.69, 9.17) is 0 Å². The summed E-state index contributed by atoms with van der Waals surface area (Å²) < 4.78 is 0. The van der Waals surface area contributed by atoms with Crippen molar-refractivity contribution < 1.29 is 0 Å². The Balaban J connectivity index is 1.24. The highest BCUT2D eigenvalue weighted by atomic mass is 15.2. The molecule has 0 unspecified atom stereocenters. The molecule has 3 aliphatic carbocycles. The summed E-state index contributed by atoms with van der Waals surface area (Å²) >= 11 is 0.